The van der Waals surface area contributed by atoms with Gasteiger partial charge in [-0.1, -0.05) is 6.92 Å². The zero-order valence-corrected chi connectivity index (χ0v) is 14.6. The van der Waals surface area contributed by atoms with Crippen molar-refractivity contribution in [1.29, 1.82) is 0 Å². The lowest BCUT2D eigenvalue weighted by Gasteiger charge is -2.14. The molecule has 1 amide bonds. The van der Waals surface area contributed by atoms with Crippen molar-refractivity contribution >= 4 is 34.5 Å². The van der Waals surface area contributed by atoms with Gasteiger partial charge in [-0.3, -0.25) is 9.59 Å². The molecule has 1 atom stereocenters. The standard InChI is InChI=1S/C14H19IN2O4/c1-8(2)21-14(19)9(3)7-16-13(18)10-5-6-11(20-4)12(15)17-10/h5-6,8-9H,7H2,1-4H3,(H,16,18)/t9-/m0/s1. The summed E-state index contributed by atoms with van der Waals surface area (Å²) in [6.07, 6.45) is -0.166. The topological polar surface area (TPSA) is 77.5 Å². The van der Waals surface area contributed by atoms with E-state index in [9.17, 15) is 9.59 Å². The normalized spacial score (nSPS) is 11.9. The van der Waals surface area contributed by atoms with E-state index >= 15 is 0 Å². The zero-order chi connectivity index (χ0) is 16.0. The fraction of sp³-hybridized carbons (Fsp3) is 0.500. The van der Waals surface area contributed by atoms with Gasteiger partial charge in [-0.05, 0) is 48.6 Å². The summed E-state index contributed by atoms with van der Waals surface area (Å²) in [7, 11) is 1.54. The lowest BCUT2D eigenvalue weighted by molar-refractivity contribution is -0.151. The summed E-state index contributed by atoms with van der Waals surface area (Å²) in [5, 5.41) is 2.67. The maximum atomic E-state index is 12.0. The number of ether oxygens (including phenoxy) is 2. The number of nitrogens with zero attached hydrogens (tertiary/aromatic N) is 1. The summed E-state index contributed by atoms with van der Waals surface area (Å²) in [6, 6.07) is 3.26. The van der Waals surface area contributed by atoms with Crippen LogP contribution in [0.1, 0.15) is 31.3 Å². The highest BCUT2D eigenvalue weighted by Crippen LogP contribution is 2.18. The van der Waals surface area contributed by atoms with Crippen LogP contribution in [0.2, 0.25) is 0 Å². The Morgan fingerprint density at radius 2 is 2.00 bits per heavy atom. The van der Waals surface area contributed by atoms with Crippen molar-refractivity contribution < 1.29 is 19.1 Å². The molecular weight excluding hydrogens is 387 g/mol. The van der Waals surface area contributed by atoms with Gasteiger partial charge in [0.05, 0.1) is 19.1 Å². The lowest BCUT2D eigenvalue weighted by Crippen LogP contribution is -2.33. The molecule has 116 valence electrons. The average Bonchev–Trinajstić information content (AvgIpc) is 2.43. The number of esters is 1. The van der Waals surface area contributed by atoms with Gasteiger partial charge in [0, 0.05) is 6.54 Å². The number of hydrogen-bond acceptors (Lipinski definition) is 5. The zero-order valence-electron chi connectivity index (χ0n) is 12.5. The maximum absolute atomic E-state index is 12.0. The second-order valence-electron chi connectivity index (χ2n) is 4.79. The van der Waals surface area contributed by atoms with Crippen molar-refractivity contribution in [3.8, 4) is 5.75 Å². The predicted octanol–water partition coefficient (Wildman–Crippen LogP) is 2.01. The van der Waals surface area contributed by atoms with E-state index in [1.807, 2.05) is 22.6 Å². The molecule has 0 aromatic carbocycles. The fourth-order valence-electron chi connectivity index (χ4n) is 1.47. The molecule has 6 nitrogen and oxygen atoms in total. The summed E-state index contributed by atoms with van der Waals surface area (Å²) in [6.45, 7) is 5.48. The van der Waals surface area contributed by atoms with Gasteiger partial charge < -0.3 is 14.8 Å². The number of methoxy groups -OCH3 is 1. The van der Waals surface area contributed by atoms with E-state index in [-0.39, 0.29) is 30.2 Å². The lowest BCUT2D eigenvalue weighted by atomic mass is 10.2. The van der Waals surface area contributed by atoms with Crippen LogP contribution in [-0.2, 0) is 9.53 Å². The number of halogens is 1. The van der Waals surface area contributed by atoms with Gasteiger partial charge in [0.2, 0.25) is 0 Å². The second kappa shape index (κ2) is 8.16. The predicted molar refractivity (Wildman–Crippen MR) is 86.2 cm³/mol. The molecule has 21 heavy (non-hydrogen) atoms. The first-order valence-corrected chi connectivity index (χ1v) is 7.62. The summed E-state index contributed by atoms with van der Waals surface area (Å²) in [4.78, 5) is 27.8. The quantitative estimate of drug-likeness (QED) is 0.445. The Labute approximate surface area is 137 Å². The van der Waals surface area contributed by atoms with E-state index in [2.05, 4.69) is 10.3 Å². The SMILES string of the molecule is COc1ccc(C(=O)NC[C@H](C)C(=O)OC(C)C)nc1I. The third-order valence-electron chi connectivity index (χ3n) is 2.59. The van der Waals surface area contributed by atoms with E-state index in [0.29, 0.717) is 9.45 Å². The summed E-state index contributed by atoms with van der Waals surface area (Å²) < 4.78 is 10.8. The highest BCUT2D eigenvalue weighted by atomic mass is 127. The number of carbonyl (C=O) groups is 2. The minimum absolute atomic E-state index is 0.166. The molecule has 1 aromatic rings. The van der Waals surface area contributed by atoms with Crippen molar-refractivity contribution in [2.24, 2.45) is 5.92 Å². The van der Waals surface area contributed by atoms with Crippen LogP contribution in [0.15, 0.2) is 12.1 Å². The third kappa shape index (κ3) is 5.49. The molecule has 0 bridgehead atoms. The van der Waals surface area contributed by atoms with Gasteiger partial charge in [-0.25, -0.2) is 4.98 Å². The molecule has 1 heterocycles. The number of hydrogen-bond donors (Lipinski definition) is 1. The first-order valence-electron chi connectivity index (χ1n) is 6.54. The molecule has 0 saturated heterocycles. The van der Waals surface area contributed by atoms with Crippen molar-refractivity contribution in [3.63, 3.8) is 0 Å². The number of pyridine rings is 1. The van der Waals surface area contributed by atoms with Gasteiger partial charge in [0.15, 0.2) is 5.75 Å². The van der Waals surface area contributed by atoms with Crippen LogP contribution in [0.25, 0.3) is 0 Å². The molecule has 0 radical (unpaired) electrons. The molecule has 0 aliphatic carbocycles. The molecule has 0 aliphatic heterocycles. The van der Waals surface area contributed by atoms with Gasteiger partial charge in [-0.15, -0.1) is 0 Å². The van der Waals surface area contributed by atoms with E-state index in [0.717, 1.165) is 0 Å². The van der Waals surface area contributed by atoms with Crippen molar-refractivity contribution in [3.05, 3.63) is 21.5 Å². The Bertz CT molecular complexity index is 520. The van der Waals surface area contributed by atoms with Gasteiger partial charge in [0.25, 0.3) is 5.91 Å². The van der Waals surface area contributed by atoms with Crippen LogP contribution < -0.4 is 10.1 Å². The average molecular weight is 406 g/mol. The van der Waals surface area contributed by atoms with Crippen LogP contribution in [0.3, 0.4) is 0 Å². The third-order valence-corrected chi connectivity index (χ3v) is 3.36. The molecule has 0 aliphatic rings. The number of aromatic nitrogens is 1. The van der Waals surface area contributed by atoms with E-state index < -0.39 is 5.92 Å². The molecule has 0 saturated carbocycles. The van der Waals surface area contributed by atoms with Gasteiger partial charge in [-0.2, -0.15) is 0 Å². The number of carbonyl (C=O) groups excluding carboxylic acids is 2. The number of nitrogens with one attached hydrogen (secondary N) is 1. The maximum Gasteiger partial charge on any atom is 0.310 e. The number of rotatable bonds is 6. The molecule has 1 N–H and O–H groups in total. The molecule has 0 unspecified atom stereocenters. The monoisotopic (exact) mass is 406 g/mol. The highest BCUT2D eigenvalue weighted by molar-refractivity contribution is 14.1. The van der Waals surface area contributed by atoms with Crippen molar-refractivity contribution in [2.75, 3.05) is 13.7 Å². The van der Waals surface area contributed by atoms with Crippen LogP contribution in [0.5, 0.6) is 5.75 Å². The van der Waals surface area contributed by atoms with E-state index in [4.69, 9.17) is 9.47 Å². The van der Waals surface area contributed by atoms with E-state index in [1.54, 1.807) is 40.0 Å². The first kappa shape index (κ1) is 17.7. The largest absolute Gasteiger partial charge is 0.494 e. The molecular formula is C14H19IN2O4. The summed E-state index contributed by atoms with van der Waals surface area (Å²) in [5.74, 6) is -0.461. The van der Waals surface area contributed by atoms with Gasteiger partial charge in [0.1, 0.15) is 9.39 Å². The van der Waals surface area contributed by atoms with Crippen LogP contribution in [0.4, 0.5) is 0 Å². The Morgan fingerprint density at radius 1 is 1.33 bits per heavy atom. The number of amides is 1. The molecule has 0 fully saturated rings. The second-order valence-corrected chi connectivity index (χ2v) is 5.81. The highest BCUT2D eigenvalue weighted by Gasteiger charge is 2.18. The van der Waals surface area contributed by atoms with Crippen LogP contribution in [-0.4, -0.2) is 36.6 Å². The van der Waals surface area contributed by atoms with Crippen LogP contribution >= 0.6 is 22.6 Å². The summed E-state index contributed by atoms with van der Waals surface area (Å²) >= 11 is 1.99. The molecule has 1 aromatic heterocycles. The fourth-order valence-corrected chi connectivity index (χ4v) is 2.13. The minimum Gasteiger partial charge on any atom is -0.494 e. The summed E-state index contributed by atoms with van der Waals surface area (Å²) in [5.41, 5.74) is 0.282. The van der Waals surface area contributed by atoms with E-state index in [1.165, 1.54) is 0 Å². The molecule has 0 spiro atoms. The van der Waals surface area contributed by atoms with Crippen LogP contribution in [0, 0.1) is 9.62 Å². The Hall–Kier alpha value is -1.38. The van der Waals surface area contributed by atoms with Crippen molar-refractivity contribution in [2.45, 2.75) is 26.9 Å². The van der Waals surface area contributed by atoms with Gasteiger partial charge >= 0.3 is 5.97 Å². The smallest absolute Gasteiger partial charge is 0.310 e. The first-order chi connectivity index (χ1) is 9.85. The van der Waals surface area contributed by atoms with Crippen molar-refractivity contribution in [1.82, 2.24) is 10.3 Å². The Balaban J connectivity index is 2.57. The molecule has 1 rings (SSSR count). The minimum atomic E-state index is -0.409. The Kier molecular flexibility index (Phi) is 6.86. The molecule has 7 heteroatoms. The Morgan fingerprint density at radius 3 is 2.52 bits per heavy atom.